The molecule has 0 radical (unpaired) electrons. The van der Waals surface area contributed by atoms with Crippen LogP contribution in [0.15, 0.2) is 53.9 Å². The van der Waals surface area contributed by atoms with Crippen molar-refractivity contribution in [2.24, 2.45) is 5.10 Å². The Morgan fingerprint density at radius 3 is 2.87 bits per heavy atom. The fraction of sp³-hybridized carbons (Fsp3) is 0.111. The van der Waals surface area contributed by atoms with Gasteiger partial charge in [-0.05, 0) is 38.1 Å². The van der Waals surface area contributed by atoms with Crippen molar-refractivity contribution >= 4 is 23.0 Å². The van der Waals surface area contributed by atoms with Gasteiger partial charge in [-0.25, -0.2) is 5.43 Å². The van der Waals surface area contributed by atoms with Gasteiger partial charge in [0.05, 0.1) is 23.0 Å². The third-order valence-corrected chi connectivity index (χ3v) is 3.47. The zero-order valence-electron chi connectivity index (χ0n) is 12.9. The third kappa shape index (κ3) is 3.40. The minimum absolute atomic E-state index is 0.279. The summed E-state index contributed by atoms with van der Waals surface area (Å²) in [6.07, 6.45) is 4.90. The number of hydrazone groups is 1. The highest BCUT2D eigenvalue weighted by atomic mass is 16.2. The summed E-state index contributed by atoms with van der Waals surface area (Å²) < 4.78 is 0. The Labute approximate surface area is 134 Å². The number of rotatable bonds is 3. The SMILES string of the molecule is Cc1ccc2nc(C)c(C(=O)NN=Cc3cccnc3)cc2c1. The van der Waals surface area contributed by atoms with E-state index in [-0.39, 0.29) is 5.91 Å². The topological polar surface area (TPSA) is 67.2 Å². The number of carbonyl (C=O) groups excluding carboxylic acids is 1. The second-order valence-electron chi connectivity index (χ2n) is 5.30. The number of carbonyl (C=O) groups is 1. The molecule has 0 bridgehead atoms. The maximum atomic E-state index is 12.3. The van der Waals surface area contributed by atoms with Gasteiger partial charge in [0.2, 0.25) is 0 Å². The maximum Gasteiger partial charge on any atom is 0.273 e. The number of benzene rings is 1. The Bertz CT molecular complexity index is 888. The molecular weight excluding hydrogens is 288 g/mol. The molecule has 0 saturated heterocycles. The summed E-state index contributed by atoms with van der Waals surface area (Å²) in [6, 6.07) is 11.5. The van der Waals surface area contributed by atoms with Crippen molar-refractivity contribution in [2.75, 3.05) is 0 Å². The molecule has 5 heteroatoms. The van der Waals surface area contributed by atoms with Crippen LogP contribution in [0, 0.1) is 13.8 Å². The van der Waals surface area contributed by atoms with Gasteiger partial charge in [0.15, 0.2) is 0 Å². The van der Waals surface area contributed by atoms with Gasteiger partial charge in [0, 0.05) is 23.3 Å². The summed E-state index contributed by atoms with van der Waals surface area (Å²) in [6.45, 7) is 3.83. The van der Waals surface area contributed by atoms with E-state index in [1.807, 2.05) is 50.2 Å². The van der Waals surface area contributed by atoms with Crippen molar-refractivity contribution < 1.29 is 4.79 Å². The number of aromatic nitrogens is 2. The van der Waals surface area contributed by atoms with Crippen LogP contribution in [0.4, 0.5) is 0 Å². The molecule has 1 N–H and O–H groups in total. The number of fused-ring (bicyclic) bond motifs is 1. The van der Waals surface area contributed by atoms with E-state index < -0.39 is 0 Å². The minimum atomic E-state index is -0.279. The lowest BCUT2D eigenvalue weighted by atomic mass is 10.1. The lowest BCUT2D eigenvalue weighted by molar-refractivity contribution is 0.0954. The Hall–Kier alpha value is -3.08. The second kappa shape index (κ2) is 6.36. The molecular formula is C18H16N4O. The molecule has 23 heavy (non-hydrogen) atoms. The number of nitrogens with one attached hydrogen (secondary N) is 1. The average Bonchev–Trinajstić information content (AvgIpc) is 2.55. The third-order valence-electron chi connectivity index (χ3n) is 3.47. The van der Waals surface area contributed by atoms with Crippen molar-refractivity contribution in [1.29, 1.82) is 0 Å². The maximum absolute atomic E-state index is 12.3. The number of aryl methyl sites for hydroxylation is 2. The van der Waals surface area contributed by atoms with Gasteiger partial charge >= 0.3 is 0 Å². The van der Waals surface area contributed by atoms with Crippen LogP contribution in [0.25, 0.3) is 10.9 Å². The van der Waals surface area contributed by atoms with Gasteiger partial charge in [-0.1, -0.05) is 17.7 Å². The van der Waals surface area contributed by atoms with Gasteiger partial charge in [0.25, 0.3) is 5.91 Å². The lowest BCUT2D eigenvalue weighted by Crippen LogP contribution is -2.19. The van der Waals surface area contributed by atoms with Gasteiger partial charge in [0.1, 0.15) is 0 Å². The summed E-state index contributed by atoms with van der Waals surface area (Å²) in [4.78, 5) is 20.8. The molecule has 0 aliphatic heterocycles. The van der Waals surface area contributed by atoms with Gasteiger partial charge in [-0.15, -0.1) is 0 Å². The van der Waals surface area contributed by atoms with Gasteiger partial charge < -0.3 is 0 Å². The molecule has 1 aromatic carbocycles. The van der Waals surface area contributed by atoms with E-state index >= 15 is 0 Å². The van der Waals surface area contributed by atoms with Crippen molar-refractivity contribution in [3.63, 3.8) is 0 Å². The van der Waals surface area contributed by atoms with Crippen molar-refractivity contribution in [1.82, 2.24) is 15.4 Å². The Balaban J connectivity index is 1.83. The van der Waals surface area contributed by atoms with Crippen LogP contribution in [0.1, 0.15) is 27.2 Å². The number of hydrogen-bond acceptors (Lipinski definition) is 4. The van der Waals surface area contributed by atoms with E-state index in [4.69, 9.17) is 0 Å². The van der Waals surface area contributed by atoms with E-state index in [0.29, 0.717) is 11.3 Å². The monoisotopic (exact) mass is 304 g/mol. The second-order valence-corrected chi connectivity index (χ2v) is 5.30. The van der Waals surface area contributed by atoms with Gasteiger partial charge in [-0.2, -0.15) is 5.10 Å². The first-order valence-electron chi connectivity index (χ1n) is 7.25. The smallest absolute Gasteiger partial charge is 0.267 e. The van der Waals surface area contributed by atoms with Crippen LogP contribution in [-0.2, 0) is 0 Å². The fourth-order valence-electron chi connectivity index (χ4n) is 2.30. The Morgan fingerprint density at radius 2 is 2.09 bits per heavy atom. The molecule has 0 spiro atoms. The van der Waals surface area contributed by atoms with Crippen molar-refractivity contribution in [2.45, 2.75) is 13.8 Å². The normalized spacial score (nSPS) is 11.0. The van der Waals surface area contributed by atoms with E-state index in [0.717, 1.165) is 22.0 Å². The van der Waals surface area contributed by atoms with Crippen LogP contribution in [-0.4, -0.2) is 22.1 Å². The molecule has 3 rings (SSSR count). The van der Waals surface area contributed by atoms with E-state index in [9.17, 15) is 4.79 Å². The van der Waals surface area contributed by atoms with E-state index in [1.165, 1.54) is 0 Å². The first-order valence-corrected chi connectivity index (χ1v) is 7.25. The molecule has 0 atom stereocenters. The van der Waals surface area contributed by atoms with Gasteiger partial charge in [-0.3, -0.25) is 14.8 Å². The molecule has 3 aromatic rings. The molecule has 1 amide bonds. The summed E-state index contributed by atoms with van der Waals surface area (Å²) in [5, 5.41) is 4.91. The summed E-state index contributed by atoms with van der Waals surface area (Å²) >= 11 is 0. The van der Waals surface area contributed by atoms with E-state index in [1.54, 1.807) is 18.6 Å². The molecule has 0 saturated carbocycles. The highest BCUT2D eigenvalue weighted by Crippen LogP contribution is 2.18. The summed E-state index contributed by atoms with van der Waals surface area (Å²) in [5.41, 5.74) is 6.55. The van der Waals surface area contributed by atoms with Crippen LogP contribution in [0.2, 0.25) is 0 Å². The zero-order valence-corrected chi connectivity index (χ0v) is 12.9. The van der Waals surface area contributed by atoms with E-state index in [2.05, 4.69) is 20.5 Å². The number of nitrogens with zero attached hydrogens (tertiary/aromatic N) is 3. The standard InChI is InChI=1S/C18H16N4O/c1-12-5-6-17-15(8-12)9-16(13(2)21-17)18(23)22-20-11-14-4-3-7-19-10-14/h3-11H,1-2H3,(H,22,23). The summed E-state index contributed by atoms with van der Waals surface area (Å²) in [5.74, 6) is -0.279. The minimum Gasteiger partial charge on any atom is -0.267 e. The number of pyridine rings is 2. The highest BCUT2D eigenvalue weighted by molar-refractivity contribution is 5.99. The average molecular weight is 304 g/mol. The summed E-state index contributed by atoms with van der Waals surface area (Å²) in [7, 11) is 0. The van der Waals surface area contributed by atoms with Crippen molar-refractivity contribution in [3.8, 4) is 0 Å². The van der Waals surface area contributed by atoms with Crippen LogP contribution in [0.3, 0.4) is 0 Å². The molecule has 0 fully saturated rings. The largest absolute Gasteiger partial charge is 0.273 e. The molecule has 0 unspecified atom stereocenters. The molecule has 0 aliphatic carbocycles. The number of amides is 1. The molecule has 2 heterocycles. The first-order chi connectivity index (χ1) is 11.1. The number of hydrogen-bond donors (Lipinski definition) is 1. The van der Waals surface area contributed by atoms with Crippen LogP contribution in [0.5, 0.6) is 0 Å². The first kappa shape index (κ1) is 14.8. The van der Waals surface area contributed by atoms with Crippen LogP contribution >= 0.6 is 0 Å². The Morgan fingerprint density at radius 1 is 1.22 bits per heavy atom. The van der Waals surface area contributed by atoms with Crippen molar-refractivity contribution in [3.05, 3.63) is 71.2 Å². The zero-order chi connectivity index (χ0) is 16.2. The predicted octanol–water partition coefficient (Wildman–Crippen LogP) is 3.01. The predicted molar refractivity (Wildman–Crippen MR) is 90.5 cm³/mol. The Kier molecular flexibility index (Phi) is 4.10. The van der Waals surface area contributed by atoms with Crippen LogP contribution < -0.4 is 5.43 Å². The highest BCUT2D eigenvalue weighted by Gasteiger charge is 2.11. The molecule has 5 nitrogen and oxygen atoms in total. The lowest BCUT2D eigenvalue weighted by Gasteiger charge is -2.06. The molecule has 114 valence electrons. The fourth-order valence-corrected chi connectivity index (χ4v) is 2.30. The quantitative estimate of drug-likeness (QED) is 0.597. The molecule has 0 aliphatic rings. The molecule has 2 aromatic heterocycles.